The Hall–Kier alpha value is -1.91. The molecule has 0 spiro atoms. The first-order valence-electron chi connectivity index (χ1n) is 6.85. The number of nitrogens with one attached hydrogen (secondary N) is 1. The Bertz CT molecular complexity index is 543. The van der Waals surface area contributed by atoms with Gasteiger partial charge in [-0.25, -0.2) is 4.39 Å². The van der Waals surface area contributed by atoms with Crippen molar-refractivity contribution < 1.29 is 19.1 Å². The lowest BCUT2D eigenvalue weighted by atomic mass is 9.78. The summed E-state index contributed by atoms with van der Waals surface area (Å²) < 4.78 is 12.8. The zero-order chi connectivity index (χ0) is 14.3. The van der Waals surface area contributed by atoms with Crippen molar-refractivity contribution >= 4 is 17.6 Å². The van der Waals surface area contributed by atoms with Gasteiger partial charge in [0.05, 0.1) is 11.8 Å². The van der Waals surface area contributed by atoms with E-state index >= 15 is 0 Å². The summed E-state index contributed by atoms with van der Waals surface area (Å²) in [6.07, 6.45) is 2.66. The lowest BCUT2D eigenvalue weighted by Gasteiger charge is -2.27. The van der Waals surface area contributed by atoms with Gasteiger partial charge < -0.3 is 10.4 Å². The van der Waals surface area contributed by atoms with Crippen molar-refractivity contribution in [3.05, 3.63) is 30.1 Å². The van der Waals surface area contributed by atoms with Gasteiger partial charge in [-0.3, -0.25) is 9.59 Å². The second-order valence-corrected chi connectivity index (χ2v) is 5.72. The Labute approximate surface area is 116 Å². The van der Waals surface area contributed by atoms with Gasteiger partial charge in [0.25, 0.3) is 0 Å². The van der Waals surface area contributed by atoms with E-state index in [1.165, 1.54) is 24.3 Å². The van der Waals surface area contributed by atoms with Gasteiger partial charge in [-0.15, -0.1) is 0 Å². The van der Waals surface area contributed by atoms with Crippen LogP contribution in [-0.2, 0) is 9.59 Å². The van der Waals surface area contributed by atoms with E-state index in [4.69, 9.17) is 0 Å². The molecule has 4 atom stereocenters. The van der Waals surface area contributed by atoms with Gasteiger partial charge in [-0.05, 0) is 55.4 Å². The van der Waals surface area contributed by atoms with Crippen molar-refractivity contribution in [2.75, 3.05) is 5.32 Å². The van der Waals surface area contributed by atoms with Crippen molar-refractivity contribution in [1.82, 2.24) is 0 Å². The van der Waals surface area contributed by atoms with E-state index in [0.717, 1.165) is 19.3 Å². The maximum Gasteiger partial charge on any atom is 0.307 e. The lowest BCUT2D eigenvalue weighted by molar-refractivity contribution is -0.148. The molecule has 0 aliphatic heterocycles. The van der Waals surface area contributed by atoms with E-state index < -0.39 is 17.8 Å². The van der Waals surface area contributed by atoms with Gasteiger partial charge in [0, 0.05) is 5.69 Å². The number of hydrogen-bond acceptors (Lipinski definition) is 2. The SMILES string of the molecule is O=C(O)[C@@H]1[C@@H]2CC[C@@H](C2)[C@@H]1C(=O)Nc1ccc(F)cc1. The number of hydrogen-bond donors (Lipinski definition) is 2. The summed E-state index contributed by atoms with van der Waals surface area (Å²) in [6.45, 7) is 0. The maximum atomic E-state index is 12.8. The summed E-state index contributed by atoms with van der Waals surface area (Å²) in [6, 6.07) is 5.50. The lowest BCUT2D eigenvalue weighted by Crippen LogP contribution is -2.37. The molecule has 2 bridgehead atoms. The third kappa shape index (κ3) is 2.17. The fraction of sp³-hybridized carbons (Fsp3) is 0.467. The van der Waals surface area contributed by atoms with Crippen molar-refractivity contribution in [3.8, 4) is 0 Å². The molecule has 4 nitrogen and oxygen atoms in total. The normalized spacial score (nSPS) is 31.2. The van der Waals surface area contributed by atoms with E-state index in [1.807, 2.05) is 0 Å². The van der Waals surface area contributed by atoms with Crippen LogP contribution in [0.4, 0.5) is 10.1 Å². The monoisotopic (exact) mass is 277 g/mol. The van der Waals surface area contributed by atoms with Gasteiger partial charge in [0.1, 0.15) is 5.82 Å². The minimum absolute atomic E-state index is 0.126. The number of rotatable bonds is 3. The van der Waals surface area contributed by atoms with Crippen LogP contribution in [0.2, 0.25) is 0 Å². The maximum absolute atomic E-state index is 12.8. The van der Waals surface area contributed by atoms with Crippen molar-refractivity contribution in [2.24, 2.45) is 23.7 Å². The van der Waals surface area contributed by atoms with Gasteiger partial charge in [0.2, 0.25) is 5.91 Å². The number of carbonyl (C=O) groups excluding carboxylic acids is 1. The van der Waals surface area contributed by atoms with E-state index in [1.54, 1.807) is 0 Å². The molecule has 5 heteroatoms. The fourth-order valence-electron chi connectivity index (χ4n) is 3.78. The first-order valence-corrected chi connectivity index (χ1v) is 6.85. The van der Waals surface area contributed by atoms with E-state index in [-0.39, 0.29) is 23.6 Å². The summed E-state index contributed by atoms with van der Waals surface area (Å²) in [5.74, 6) is -2.24. The molecule has 0 saturated heterocycles. The van der Waals surface area contributed by atoms with Crippen LogP contribution in [-0.4, -0.2) is 17.0 Å². The first kappa shape index (κ1) is 13.1. The Kier molecular flexibility index (Phi) is 3.20. The first-order chi connectivity index (χ1) is 9.56. The molecule has 20 heavy (non-hydrogen) atoms. The molecule has 2 N–H and O–H groups in total. The van der Waals surface area contributed by atoms with Crippen LogP contribution in [0.5, 0.6) is 0 Å². The Morgan fingerprint density at radius 2 is 1.70 bits per heavy atom. The number of carboxylic acids is 1. The Morgan fingerprint density at radius 3 is 2.30 bits per heavy atom. The van der Waals surface area contributed by atoms with E-state index in [2.05, 4.69) is 5.32 Å². The minimum Gasteiger partial charge on any atom is -0.481 e. The van der Waals surface area contributed by atoms with Crippen LogP contribution in [0.3, 0.4) is 0 Å². The third-order valence-corrected chi connectivity index (χ3v) is 4.62. The van der Waals surface area contributed by atoms with Gasteiger partial charge in [-0.1, -0.05) is 0 Å². The predicted octanol–water partition coefficient (Wildman–Crippen LogP) is 2.51. The Balaban J connectivity index is 1.76. The van der Waals surface area contributed by atoms with Crippen molar-refractivity contribution in [2.45, 2.75) is 19.3 Å². The van der Waals surface area contributed by atoms with Crippen molar-refractivity contribution in [3.63, 3.8) is 0 Å². The smallest absolute Gasteiger partial charge is 0.307 e. The molecule has 2 saturated carbocycles. The van der Waals surface area contributed by atoms with E-state index in [9.17, 15) is 19.1 Å². The minimum atomic E-state index is -0.878. The average Bonchev–Trinajstić information content (AvgIpc) is 3.01. The molecule has 0 radical (unpaired) electrons. The topological polar surface area (TPSA) is 66.4 Å². The summed E-state index contributed by atoms with van der Waals surface area (Å²) in [5, 5.41) is 12.0. The molecular weight excluding hydrogens is 261 g/mol. The standard InChI is InChI=1S/C15H16FNO3/c16-10-3-5-11(6-4-10)17-14(18)12-8-1-2-9(7-8)13(12)15(19)20/h3-6,8-9,12-13H,1-2,7H2,(H,17,18)(H,19,20)/t8-,9+,12-,13+/m0/s1. The summed E-state index contributed by atoms with van der Waals surface area (Å²) in [7, 11) is 0. The molecule has 2 fully saturated rings. The Morgan fingerprint density at radius 1 is 1.10 bits per heavy atom. The van der Waals surface area contributed by atoms with Gasteiger partial charge in [-0.2, -0.15) is 0 Å². The van der Waals surface area contributed by atoms with Gasteiger partial charge >= 0.3 is 5.97 Å². The number of halogens is 1. The zero-order valence-corrected chi connectivity index (χ0v) is 10.9. The molecule has 2 aliphatic rings. The quantitative estimate of drug-likeness (QED) is 0.892. The molecule has 1 aromatic rings. The van der Waals surface area contributed by atoms with Crippen LogP contribution < -0.4 is 5.32 Å². The second kappa shape index (κ2) is 4.89. The predicted molar refractivity (Wildman–Crippen MR) is 70.5 cm³/mol. The molecule has 0 unspecified atom stereocenters. The molecule has 1 aromatic carbocycles. The summed E-state index contributed by atoms with van der Waals surface area (Å²) in [4.78, 5) is 23.7. The third-order valence-electron chi connectivity index (χ3n) is 4.62. The highest BCUT2D eigenvalue weighted by Crippen LogP contribution is 2.52. The molecule has 0 heterocycles. The number of anilines is 1. The highest BCUT2D eigenvalue weighted by atomic mass is 19.1. The average molecular weight is 277 g/mol. The zero-order valence-electron chi connectivity index (χ0n) is 10.9. The van der Waals surface area contributed by atoms with Gasteiger partial charge in [0.15, 0.2) is 0 Å². The number of carbonyl (C=O) groups is 2. The molecule has 0 aromatic heterocycles. The molecular formula is C15H16FNO3. The fourth-order valence-corrected chi connectivity index (χ4v) is 3.78. The van der Waals surface area contributed by atoms with Crippen LogP contribution >= 0.6 is 0 Å². The molecule has 2 aliphatic carbocycles. The highest BCUT2D eigenvalue weighted by molar-refractivity contribution is 5.95. The summed E-state index contributed by atoms with van der Waals surface area (Å²) >= 11 is 0. The number of fused-ring (bicyclic) bond motifs is 2. The summed E-state index contributed by atoms with van der Waals surface area (Å²) in [5.41, 5.74) is 0.503. The molecule has 1 amide bonds. The largest absolute Gasteiger partial charge is 0.481 e. The number of amides is 1. The van der Waals surface area contributed by atoms with Crippen LogP contribution in [0.25, 0.3) is 0 Å². The van der Waals surface area contributed by atoms with E-state index in [0.29, 0.717) is 5.69 Å². The van der Waals surface area contributed by atoms with Crippen molar-refractivity contribution in [1.29, 1.82) is 0 Å². The number of carboxylic acid groups (broad SMARTS) is 1. The highest BCUT2D eigenvalue weighted by Gasteiger charge is 2.53. The van der Waals surface area contributed by atoms with Crippen LogP contribution in [0.1, 0.15) is 19.3 Å². The van der Waals surface area contributed by atoms with Crippen LogP contribution in [0, 0.1) is 29.5 Å². The number of benzene rings is 1. The second-order valence-electron chi connectivity index (χ2n) is 5.72. The molecule has 3 rings (SSSR count). The van der Waals surface area contributed by atoms with Crippen LogP contribution in [0.15, 0.2) is 24.3 Å². The number of aliphatic carboxylic acids is 1. The molecule has 106 valence electrons.